The number of carbonyl (C=O) groups is 2. The first-order chi connectivity index (χ1) is 20.9. The van der Waals surface area contributed by atoms with Gasteiger partial charge in [0.2, 0.25) is 0 Å². The van der Waals surface area contributed by atoms with Crippen molar-refractivity contribution in [3.63, 3.8) is 0 Å². The highest BCUT2D eigenvalue weighted by Crippen LogP contribution is 2.32. The summed E-state index contributed by atoms with van der Waals surface area (Å²) in [4.78, 5) is 25.1. The number of esters is 1. The third kappa shape index (κ3) is 7.94. The lowest BCUT2D eigenvalue weighted by molar-refractivity contribution is -0.142. The van der Waals surface area contributed by atoms with Gasteiger partial charge in [-0.25, -0.2) is 4.79 Å². The van der Waals surface area contributed by atoms with E-state index in [0.29, 0.717) is 12.1 Å². The van der Waals surface area contributed by atoms with Crippen LogP contribution in [0.3, 0.4) is 0 Å². The van der Waals surface area contributed by atoms with E-state index in [4.69, 9.17) is 9.47 Å². The molecule has 0 heterocycles. The maximum absolute atomic E-state index is 12.9. The summed E-state index contributed by atoms with van der Waals surface area (Å²) in [6.07, 6.45) is 5.18. The number of amides is 1. The van der Waals surface area contributed by atoms with Crippen LogP contribution in [0.5, 0.6) is 0 Å². The Morgan fingerprint density at radius 3 is 1.88 bits per heavy atom. The monoisotopic (exact) mass is 639 g/mol. The largest absolute Gasteiger partial charge is 0.461 e. The van der Waals surface area contributed by atoms with Gasteiger partial charge < -0.3 is 9.47 Å². The van der Waals surface area contributed by atoms with Gasteiger partial charge in [-0.3, -0.25) is 10.1 Å². The second-order valence-corrected chi connectivity index (χ2v) is 12.1. The average Bonchev–Trinajstić information content (AvgIpc) is 2.99. The summed E-state index contributed by atoms with van der Waals surface area (Å²) < 4.78 is 11.1. The molecular formula is C37H38BrNO4. The molecule has 5 nitrogen and oxygen atoms in total. The number of nitrogens with one attached hydrogen (secondary N) is 1. The molecule has 0 spiro atoms. The number of unbranched alkanes of at least 4 members (excludes halogenated alkanes) is 4. The molecule has 0 aliphatic rings. The lowest BCUT2D eigenvalue weighted by Crippen LogP contribution is -2.18. The Morgan fingerprint density at radius 2 is 1.21 bits per heavy atom. The SMILES string of the molecule is CC(C)=C(COC(=O)CCCCCCCBr)COC(=O)Nc1cccc2cc3cc4cc5ccccc5cc4cc3cc12. The summed E-state index contributed by atoms with van der Waals surface area (Å²) >= 11 is 3.44. The maximum Gasteiger partial charge on any atom is 0.411 e. The molecule has 0 saturated carbocycles. The van der Waals surface area contributed by atoms with Gasteiger partial charge in [0, 0.05) is 22.7 Å². The minimum absolute atomic E-state index is 0.0572. The predicted molar refractivity (Wildman–Crippen MR) is 182 cm³/mol. The van der Waals surface area contributed by atoms with E-state index in [1.165, 1.54) is 28.0 Å². The van der Waals surface area contributed by atoms with E-state index in [2.05, 4.69) is 88.0 Å². The summed E-state index contributed by atoms with van der Waals surface area (Å²) in [6.45, 7) is 4.04. The van der Waals surface area contributed by atoms with Crippen LogP contribution in [0.15, 0.2) is 90.0 Å². The summed E-state index contributed by atoms with van der Waals surface area (Å²) in [5.41, 5.74) is 2.43. The number of hydrogen-bond acceptors (Lipinski definition) is 4. The molecule has 0 radical (unpaired) electrons. The van der Waals surface area contributed by atoms with Gasteiger partial charge in [0.1, 0.15) is 13.2 Å². The highest BCUT2D eigenvalue weighted by molar-refractivity contribution is 9.09. The van der Waals surface area contributed by atoms with Crippen LogP contribution >= 0.6 is 15.9 Å². The molecule has 0 unspecified atom stereocenters. The van der Waals surface area contributed by atoms with Gasteiger partial charge in [0.25, 0.3) is 0 Å². The molecule has 0 aliphatic carbocycles. The summed E-state index contributed by atoms with van der Waals surface area (Å²) in [6, 6.07) is 27.4. The van der Waals surface area contributed by atoms with E-state index >= 15 is 0 Å². The molecule has 0 aliphatic heterocycles. The number of rotatable bonds is 12. The van der Waals surface area contributed by atoms with Gasteiger partial charge in [0.15, 0.2) is 0 Å². The van der Waals surface area contributed by atoms with Crippen molar-refractivity contribution in [1.82, 2.24) is 0 Å². The van der Waals surface area contributed by atoms with Crippen molar-refractivity contribution in [1.29, 1.82) is 0 Å². The highest BCUT2D eigenvalue weighted by Gasteiger charge is 2.12. The van der Waals surface area contributed by atoms with Gasteiger partial charge in [-0.1, -0.05) is 77.2 Å². The van der Waals surface area contributed by atoms with Crippen LogP contribution in [0.25, 0.3) is 43.1 Å². The number of carbonyl (C=O) groups excluding carboxylic acids is 2. The Balaban J connectivity index is 1.23. The molecule has 222 valence electrons. The normalized spacial score (nSPS) is 11.2. The van der Waals surface area contributed by atoms with E-state index < -0.39 is 6.09 Å². The van der Waals surface area contributed by atoms with Crippen molar-refractivity contribution in [3.05, 3.63) is 90.0 Å². The summed E-state index contributed by atoms with van der Waals surface area (Å²) in [5.74, 6) is -0.215. The van der Waals surface area contributed by atoms with Crippen molar-refractivity contribution >= 4 is 76.8 Å². The van der Waals surface area contributed by atoms with Gasteiger partial charge in [-0.2, -0.15) is 0 Å². The third-order valence-corrected chi connectivity index (χ3v) is 8.46. The Labute approximate surface area is 261 Å². The second-order valence-electron chi connectivity index (χ2n) is 11.3. The highest BCUT2D eigenvalue weighted by atomic mass is 79.9. The zero-order valence-electron chi connectivity index (χ0n) is 24.9. The molecule has 0 bridgehead atoms. The molecule has 5 aromatic rings. The van der Waals surface area contributed by atoms with Crippen LogP contribution in [0, 0.1) is 0 Å². The van der Waals surface area contributed by atoms with Crippen LogP contribution < -0.4 is 5.32 Å². The van der Waals surface area contributed by atoms with E-state index in [1.807, 2.05) is 26.0 Å². The molecule has 1 amide bonds. The van der Waals surface area contributed by atoms with Crippen molar-refractivity contribution in [3.8, 4) is 0 Å². The van der Waals surface area contributed by atoms with Crippen LogP contribution in [-0.2, 0) is 14.3 Å². The number of allylic oxidation sites excluding steroid dienone is 1. The molecule has 0 saturated heterocycles. The van der Waals surface area contributed by atoms with Crippen LogP contribution in [0.4, 0.5) is 10.5 Å². The number of ether oxygens (including phenoxy) is 2. The Hall–Kier alpha value is -3.90. The van der Waals surface area contributed by atoms with Gasteiger partial charge in [0.05, 0.1) is 5.69 Å². The zero-order chi connectivity index (χ0) is 30.2. The predicted octanol–water partition coefficient (Wildman–Crippen LogP) is 10.5. The Bertz CT molecular complexity index is 1810. The fourth-order valence-electron chi connectivity index (χ4n) is 5.34. The maximum atomic E-state index is 12.9. The summed E-state index contributed by atoms with van der Waals surface area (Å²) in [7, 11) is 0. The second kappa shape index (κ2) is 14.5. The van der Waals surface area contributed by atoms with E-state index in [-0.39, 0.29) is 19.2 Å². The third-order valence-electron chi connectivity index (χ3n) is 7.90. The number of benzene rings is 5. The molecule has 5 aromatic carbocycles. The van der Waals surface area contributed by atoms with E-state index in [9.17, 15) is 9.59 Å². The van der Waals surface area contributed by atoms with Gasteiger partial charge in [-0.15, -0.1) is 0 Å². The Morgan fingerprint density at radius 1 is 0.651 bits per heavy atom. The standard InChI is InChI=1S/C37H38BrNO4/c1-25(2)33(23-42-36(40)15-6-4-3-5-9-16-38)24-43-37(41)39-35-14-10-13-28-19-31-20-29-17-26-11-7-8-12-27(26)18-30(29)21-32(31)22-34(28)35/h7-8,10-14,17-22H,3-6,9,15-16,23-24H2,1-2H3,(H,39,41). The molecule has 0 aromatic heterocycles. The molecule has 5 rings (SSSR count). The molecular weight excluding hydrogens is 602 g/mol. The number of hydrogen-bond donors (Lipinski definition) is 1. The first kappa shape index (κ1) is 30.6. The molecule has 6 heteroatoms. The number of anilines is 1. The molecule has 0 fully saturated rings. The zero-order valence-corrected chi connectivity index (χ0v) is 26.5. The fourth-order valence-corrected chi connectivity index (χ4v) is 5.74. The van der Waals surface area contributed by atoms with Crippen LogP contribution in [0.2, 0.25) is 0 Å². The topological polar surface area (TPSA) is 64.6 Å². The molecule has 43 heavy (non-hydrogen) atoms. The molecule has 0 atom stereocenters. The lowest BCUT2D eigenvalue weighted by Gasteiger charge is -2.14. The summed E-state index contributed by atoms with van der Waals surface area (Å²) in [5, 5.41) is 13.0. The number of halogens is 1. The lowest BCUT2D eigenvalue weighted by atomic mass is 9.97. The minimum Gasteiger partial charge on any atom is -0.461 e. The number of alkyl halides is 1. The minimum atomic E-state index is -0.550. The van der Waals surface area contributed by atoms with Crippen molar-refractivity contribution in [2.24, 2.45) is 0 Å². The fraction of sp³-hybridized carbons (Fsp3) is 0.297. The van der Waals surface area contributed by atoms with Gasteiger partial charge in [-0.05, 0) is 107 Å². The van der Waals surface area contributed by atoms with E-state index in [1.54, 1.807) is 0 Å². The van der Waals surface area contributed by atoms with E-state index in [0.717, 1.165) is 63.7 Å². The Kier molecular flexibility index (Phi) is 10.3. The van der Waals surface area contributed by atoms with Crippen LogP contribution in [0.1, 0.15) is 52.4 Å². The number of fused-ring (bicyclic) bond motifs is 4. The van der Waals surface area contributed by atoms with Crippen LogP contribution in [-0.4, -0.2) is 30.6 Å². The van der Waals surface area contributed by atoms with Gasteiger partial charge >= 0.3 is 12.1 Å². The quantitative estimate of drug-likeness (QED) is 0.0485. The van der Waals surface area contributed by atoms with Crippen molar-refractivity contribution < 1.29 is 19.1 Å². The first-order valence-corrected chi connectivity index (χ1v) is 16.1. The van der Waals surface area contributed by atoms with Crippen molar-refractivity contribution in [2.45, 2.75) is 52.4 Å². The van der Waals surface area contributed by atoms with Crippen molar-refractivity contribution in [2.75, 3.05) is 23.9 Å². The average molecular weight is 641 g/mol. The first-order valence-electron chi connectivity index (χ1n) is 15.0. The molecule has 1 N–H and O–H groups in total. The smallest absolute Gasteiger partial charge is 0.411 e.